The summed E-state index contributed by atoms with van der Waals surface area (Å²) in [6, 6.07) is 15.0. The van der Waals surface area contributed by atoms with Crippen LogP contribution in [0.15, 0.2) is 48.5 Å². The number of nitrogens with one attached hydrogen (secondary N) is 1. The van der Waals surface area contributed by atoms with Crippen molar-refractivity contribution in [1.29, 1.82) is 0 Å². The molecule has 2 aromatic rings. The number of thioether (sulfide) groups is 1. The molecule has 1 fully saturated rings. The minimum atomic E-state index is -1.04. The summed E-state index contributed by atoms with van der Waals surface area (Å²) in [6.45, 7) is 1.13. The van der Waals surface area contributed by atoms with E-state index in [0.29, 0.717) is 19.5 Å². The number of amides is 2. The molecular formula is C26H30N2O6S. The predicted molar refractivity (Wildman–Crippen MR) is 133 cm³/mol. The van der Waals surface area contributed by atoms with Gasteiger partial charge >= 0.3 is 12.1 Å². The number of rotatable bonds is 9. The maximum atomic E-state index is 13.2. The van der Waals surface area contributed by atoms with Crippen LogP contribution in [0.4, 0.5) is 4.79 Å². The van der Waals surface area contributed by atoms with Gasteiger partial charge in [-0.25, -0.2) is 4.79 Å². The molecule has 35 heavy (non-hydrogen) atoms. The molecule has 2 aliphatic rings. The van der Waals surface area contributed by atoms with E-state index < -0.39 is 18.1 Å². The van der Waals surface area contributed by atoms with Crippen LogP contribution in [-0.4, -0.2) is 76.4 Å². The Labute approximate surface area is 208 Å². The molecule has 0 aromatic heterocycles. The van der Waals surface area contributed by atoms with Gasteiger partial charge in [0.25, 0.3) is 0 Å². The Kier molecular flexibility index (Phi) is 8.30. The van der Waals surface area contributed by atoms with Crippen LogP contribution >= 0.6 is 11.8 Å². The zero-order valence-electron chi connectivity index (χ0n) is 19.4. The molecule has 2 amide bonds. The van der Waals surface area contributed by atoms with Crippen LogP contribution in [-0.2, 0) is 14.3 Å². The number of hydrogen-bond donors (Lipinski definition) is 3. The monoisotopic (exact) mass is 498 g/mol. The zero-order chi connectivity index (χ0) is 24.8. The largest absolute Gasteiger partial charge is 0.481 e. The number of nitrogens with zero attached hydrogens (tertiary/aromatic N) is 1. The van der Waals surface area contributed by atoms with E-state index >= 15 is 0 Å². The lowest BCUT2D eigenvalue weighted by Gasteiger charge is -2.34. The van der Waals surface area contributed by atoms with Crippen LogP contribution in [0.5, 0.6) is 0 Å². The molecular weight excluding hydrogens is 468 g/mol. The van der Waals surface area contributed by atoms with E-state index in [-0.39, 0.29) is 43.1 Å². The third kappa shape index (κ3) is 5.97. The summed E-state index contributed by atoms with van der Waals surface area (Å²) in [5.41, 5.74) is 4.40. The minimum Gasteiger partial charge on any atom is -0.481 e. The van der Waals surface area contributed by atoms with Crippen molar-refractivity contribution < 1.29 is 29.3 Å². The Hall–Kier alpha value is -3.04. The molecule has 2 aromatic carbocycles. The second-order valence-electron chi connectivity index (χ2n) is 8.74. The first-order chi connectivity index (χ1) is 17.0. The number of hydrogen-bond acceptors (Lipinski definition) is 6. The van der Waals surface area contributed by atoms with E-state index in [1.165, 1.54) is 0 Å². The van der Waals surface area contributed by atoms with Gasteiger partial charge in [0, 0.05) is 43.0 Å². The number of alkyl carbamates (subject to hydrolysis) is 1. The lowest BCUT2D eigenvalue weighted by molar-refractivity contribution is -0.138. The van der Waals surface area contributed by atoms with Gasteiger partial charge in [-0.05, 0) is 35.1 Å². The summed E-state index contributed by atoms with van der Waals surface area (Å²) in [5.74, 6) is -0.736. The molecule has 1 aliphatic heterocycles. The van der Waals surface area contributed by atoms with E-state index in [2.05, 4.69) is 17.4 Å². The van der Waals surface area contributed by atoms with Gasteiger partial charge in [0.05, 0.1) is 0 Å². The first-order valence-electron chi connectivity index (χ1n) is 11.8. The Morgan fingerprint density at radius 3 is 2.37 bits per heavy atom. The molecule has 1 aliphatic carbocycles. The molecule has 9 heteroatoms. The van der Waals surface area contributed by atoms with Gasteiger partial charge in [0.15, 0.2) is 0 Å². The average Bonchev–Trinajstić information content (AvgIpc) is 3.19. The normalized spacial score (nSPS) is 17.9. The van der Waals surface area contributed by atoms with E-state index in [4.69, 9.17) is 9.84 Å². The van der Waals surface area contributed by atoms with Gasteiger partial charge < -0.3 is 25.2 Å². The van der Waals surface area contributed by atoms with Crippen molar-refractivity contribution in [2.45, 2.75) is 36.5 Å². The van der Waals surface area contributed by atoms with Crippen molar-refractivity contribution in [3.8, 4) is 11.1 Å². The lowest BCUT2D eigenvalue weighted by atomic mass is 9.98. The predicted octanol–water partition coefficient (Wildman–Crippen LogP) is 3.08. The van der Waals surface area contributed by atoms with E-state index in [1.54, 1.807) is 16.7 Å². The molecule has 4 rings (SSSR count). The van der Waals surface area contributed by atoms with Crippen molar-refractivity contribution in [1.82, 2.24) is 10.2 Å². The quantitative estimate of drug-likeness (QED) is 0.487. The van der Waals surface area contributed by atoms with Crippen molar-refractivity contribution in [2.24, 2.45) is 0 Å². The highest BCUT2D eigenvalue weighted by atomic mass is 32.2. The number of carbonyl (C=O) groups excluding carboxylic acids is 2. The Balaban J connectivity index is 1.41. The molecule has 186 valence electrons. The summed E-state index contributed by atoms with van der Waals surface area (Å²) in [4.78, 5) is 38.7. The van der Waals surface area contributed by atoms with Crippen LogP contribution in [0.2, 0.25) is 0 Å². The molecule has 2 unspecified atom stereocenters. The number of ether oxygens (including phenoxy) is 1. The first-order valence-corrected chi connectivity index (χ1v) is 12.9. The van der Waals surface area contributed by atoms with Gasteiger partial charge in [-0.1, -0.05) is 48.5 Å². The molecule has 1 saturated heterocycles. The first kappa shape index (κ1) is 25.1. The van der Waals surface area contributed by atoms with Gasteiger partial charge in [0.1, 0.15) is 12.6 Å². The molecule has 0 bridgehead atoms. The van der Waals surface area contributed by atoms with Gasteiger partial charge in [-0.3, -0.25) is 9.59 Å². The third-order valence-electron chi connectivity index (χ3n) is 6.48. The topological polar surface area (TPSA) is 116 Å². The molecule has 0 spiro atoms. The lowest BCUT2D eigenvalue weighted by Crippen LogP contribution is -2.52. The Morgan fingerprint density at radius 2 is 1.74 bits per heavy atom. The van der Waals surface area contributed by atoms with Gasteiger partial charge in [-0.2, -0.15) is 11.8 Å². The average molecular weight is 499 g/mol. The van der Waals surface area contributed by atoms with Gasteiger partial charge in [0.2, 0.25) is 5.91 Å². The molecule has 8 nitrogen and oxygen atoms in total. The maximum Gasteiger partial charge on any atom is 0.407 e. The Bertz CT molecular complexity index is 1030. The number of carboxylic acid groups (broad SMARTS) is 1. The number of aliphatic hydroxyl groups excluding tert-OH is 1. The van der Waals surface area contributed by atoms with E-state index in [0.717, 1.165) is 28.0 Å². The van der Waals surface area contributed by atoms with Crippen molar-refractivity contribution >= 4 is 29.7 Å². The van der Waals surface area contributed by atoms with Crippen LogP contribution in [0.3, 0.4) is 0 Å². The minimum absolute atomic E-state index is 0.0212. The highest BCUT2D eigenvalue weighted by molar-refractivity contribution is 8.00. The fourth-order valence-electron chi connectivity index (χ4n) is 4.77. The number of carboxylic acids is 1. The number of aliphatic carboxylic acids is 1. The number of fused-ring (bicyclic) bond motifs is 3. The standard InChI is InChI=1S/C26H30N2O6S/c29-13-11-17-15-28(12-14-35-17)25(32)23(9-10-24(30)31)27-26(33)34-16-22-20-7-3-1-5-18(20)19-6-2-4-8-21(19)22/h1-8,17,22-23,29H,9-16H2,(H,27,33)(H,30,31). The molecule has 0 saturated carbocycles. The van der Waals surface area contributed by atoms with Crippen molar-refractivity contribution in [3.05, 3.63) is 59.7 Å². The fourth-order valence-corrected chi connectivity index (χ4v) is 5.98. The van der Waals surface area contributed by atoms with Crippen molar-refractivity contribution in [2.75, 3.05) is 32.1 Å². The second-order valence-corrected chi connectivity index (χ2v) is 10.2. The molecule has 2 atom stereocenters. The third-order valence-corrected chi connectivity index (χ3v) is 7.76. The summed E-state index contributed by atoms with van der Waals surface area (Å²) in [5, 5.41) is 21.1. The van der Waals surface area contributed by atoms with E-state index in [9.17, 15) is 19.5 Å². The number of aliphatic hydroxyl groups is 1. The molecule has 3 N–H and O–H groups in total. The van der Waals surface area contributed by atoms with Crippen LogP contribution in [0.1, 0.15) is 36.3 Å². The summed E-state index contributed by atoms with van der Waals surface area (Å²) in [6.07, 6.45) is -0.433. The van der Waals surface area contributed by atoms with Crippen LogP contribution in [0.25, 0.3) is 11.1 Å². The molecule has 1 heterocycles. The fraction of sp³-hybridized carbons (Fsp3) is 0.423. The van der Waals surface area contributed by atoms with E-state index in [1.807, 2.05) is 36.4 Å². The zero-order valence-corrected chi connectivity index (χ0v) is 20.2. The Morgan fingerprint density at radius 1 is 1.09 bits per heavy atom. The van der Waals surface area contributed by atoms with Crippen LogP contribution < -0.4 is 5.32 Å². The summed E-state index contributed by atoms with van der Waals surface area (Å²) >= 11 is 1.70. The van der Waals surface area contributed by atoms with Crippen LogP contribution in [0, 0.1) is 0 Å². The summed E-state index contributed by atoms with van der Waals surface area (Å²) in [7, 11) is 0. The smallest absolute Gasteiger partial charge is 0.407 e. The number of carbonyl (C=O) groups is 3. The number of benzene rings is 2. The van der Waals surface area contributed by atoms with Gasteiger partial charge in [-0.15, -0.1) is 0 Å². The highest BCUT2D eigenvalue weighted by Crippen LogP contribution is 2.44. The summed E-state index contributed by atoms with van der Waals surface area (Å²) < 4.78 is 5.57. The highest BCUT2D eigenvalue weighted by Gasteiger charge is 2.32. The van der Waals surface area contributed by atoms with Crippen molar-refractivity contribution in [3.63, 3.8) is 0 Å². The second kappa shape index (κ2) is 11.6. The maximum absolute atomic E-state index is 13.2. The molecule has 0 radical (unpaired) electrons. The SMILES string of the molecule is O=C(O)CCC(NC(=O)OCC1c2ccccc2-c2ccccc21)C(=O)N1CCSC(CCO)C1.